The van der Waals surface area contributed by atoms with E-state index >= 15 is 0 Å². The first-order valence-electron chi connectivity index (χ1n) is 6.26. The zero-order chi connectivity index (χ0) is 13.8. The Kier molecular flexibility index (Phi) is 3.95. The molecule has 0 unspecified atom stereocenters. The topological polar surface area (TPSA) is 20.3 Å². The van der Waals surface area contributed by atoms with Gasteiger partial charge in [-0.25, -0.2) is 4.39 Å². The lowest BCUT2D eigenvalue weighted by Crippen LogP contribution is -2.31. The molecule has 0 heterocycles. The van der Waals surface area contributed by atoms with Crippen molar-refractivity contribution >= 4 is 11.6 Å². The van der Waals surface area contributed by atoms with Gasteiger partial charge in [0.15, 0.2) is 0 Å². The lowest BCUT2D eigenvalue weighted by Gasteiger charge is -2.21. The summed E-state index contributed by atoms with van der Waals surface area (Å²) in [5.41, 5.74) is 1.96. The molecule has 0 saturated heterocycles. The molecule has 98 valence electrons. The Labute approximate surface area is 112 Å². The molecule has 0 bridgehead atoms. The highest BCUT2D eigenvalue weighted by molar-refractivity contribution is 6.06. The number of hydrogen-bond donors (Lipinski definition) is 0. The minimum atomic E-state index is -0.487. The Balaban J connectivity index is 2.38. The molecule has 3 heteroatoms. The molecule has 2 aromatic rings. The minimum Gasteiger partial charge on any atom is -0.309 e. The molecular formula is C16H16FNO. The van der Waals surface area contributed by atoms with E-state index in [4.69, 9.17) is 0 Å². The van der Waals surface area contributed by atoms with E-state index in [0.717, 1.165) is 11.3 Å². The number of anilines is 1. The predicted octanol–water partition coefficient (Wildman–Crippen LogP) is 3.80. The summed E-state index contributed by atoms with van der Waals surface area (Å²) < 4.78 is 13.7. The van der Waals surface area contributed by atoms with Gasteiger partial charge in [-0.15, -0.1) is 0 Å². The Morgan fingerprint density at radius 1 is 1.16 bits per heavy atom. The van der Waals surface area contributed by atoms with Crippen molar-refractivity contribution in [1.29, 1.82) is 0 Å². The molecule has 0 aromatic heterocycles. The van der Waals surface area contributed by atoms with Crippen molar-refractivity contribution in [2.45, 2.75) is 13.8 Å². The van der Waals surface area contributed by atoms with Crippen LogP contribution in [0.15, 0.2) is 48.5 Å². The molecule has 0 atom stereocenters. The summed E-state index contributed by atoms with van der Waals surface area (Å²) in [5.74, 6) is -0.801. The van der Waals surface area contributed by atoms with Crippen LogP contribution in [0.4, 0.5) is 10.1 Å². The Hall–Kier alpha value is -2.16. The van der Waals surface area contributed by atoms with Gasteiger partial charge in [-0.2, -0.15) is 0 Å². The van der Waals surface area contributed by atoms with Gasteiger partial charge in [0, 0.05) is 12.2 Å². The summed E-state index contributed by atoms with van der Waals surface area (Å²) in [4.78, 5) is 14.0. The van der Waals surface area contributed by atoms with E-state index in [1.54, 1.807) is 17.0 Å². The first-order valence-corrected chi connectivity index (χ1v) is 6.26. The second-order valence-corrected chi connectivity index (χ2v) is 4.37. The zero-order valence-electron chi connectivity index (χ0n) is 11.1. The molecule has 0 aliphatic carbocycles. The number of carbonyl (C=O) groups excluding carboxylic acids is 1. The van der Waals surface area contributed by atoms with Crippen LogP contribution in [-0.4, -0.2) is 12.5 Å². The van der Waals surface area contributed by atoms with Gasteiger partial charge >= 0.3 is 0 Å². The molecule has 1 amide bonds. The number of rotatable bonds is 3. The van der Waals surface area contributed by atoms with Gasteiger partial charge in [-0.1, -0.05) is 24.3 Å². The maximum absolute atomic E-state index is 13.7. The Morgan fingerprint density at radius 2 is 1.89 bits per heavy atom. The minimum absolute atomic E-state index is 0.103. The van der Waals surface area contributed by atoms with Crippen LogP contribution in [0.3, 0.4) is 0 Å². The van der Waals surface area contributed by atoms with Crippen molar-refractivity contribution in [2.75, 3.05) is 11.4 Å². The highest BCUT2D eigenvalue weighted by Gasteiger charge is 2.18. The second kappa shape index (κ2) is 5.65. The normalized spacial score (nSPS) is 10.3. The second-order valence-electron chi connectivity index (χ2n) is 4.37. The fourth-order valence-electron chi connectivity index (χ4n) is 2.02. The average Bonchev–Trinajstić information content (AvgIpc) is 2.40. The zero-order valence-corrected chi connectivity index (χ0v) is 11.1. The lowest BCUT2D eigenvalue weighted by atomic mass is 10.1. The van der Waals surface area contributed by atoms with Crippen molar-refractivity contribution < 1.29 is 9.18 Å². The third kappa shape index (κ3) is 2.81. The summed E-state index contributed by atoms with van der Waals surface area (Å²) >= 11 is 0. The van der Waals surface area contributed by atoms with Crippen LogP contribution in [0.2, 0.25) is 0 Å². The molecule has 0 N–H and O–H groups in total. The van der Waals surface area contributed by atoms with E-state index in [1.165, 1.54) is 12.1 Å². The highest BCUT2D eigenvalue weighted by Crippen LogP contribution is 2.19. The van der Waals surface area contributed by atoms with Crippen LogP contribution in [0.5, 0.6) is 0 Å². The number of hydrogen-bond acceptors (Lipinski definition) is 1. The van der Waals surface area contributed by atoms with E-state index in [9.17, 15) is 9.18 Å². The molecule has 0 saturated carbocycles. The van der Waals surface area contributed by atoms with Gasteiger partial charge in [-0.3, -0.25) is 4.79 Å². The van der Waals surface area contributed by atoms with Gasteiger partial charge in [0.2, 0.25) is 0 Å². The largest absolute Gasteiger partial charge is 0.309 e. The van der Waals surface area contributed by atoms with Crippen LogP contribution in [-0.2, 0) is 0 Å². The molecule has 0 aliphatic heterocycles. The van der Waals surface area contributed by atoms with Crippen LogP contribution in [0, 0.1) is 12.7 Å². The van der Waals surface area contributed by atoms with Crippen LogP contribution >= 0.6 is 0 Å². The van der Waals surface area contributed by atoms with E-state index in [1.807, 2.05) is 38.1 Å². The number of aryl methyl sites for hydroxylation is 1. The molecular weight excluding hydrogens is 241 g/mol. The first kappa shape index (κ1) is 13.3. The number of benzene rings is 2. The number of carbonyl (C=O) groups is 1. The summed E-state index contributed by atoms with van der Waals surface area (Å²) in [6.45, 7) is 4.34. The quantitative estimate of drug-likeness (QED) is 0.819. The molecule has 0 spiro atoms. The third-order valence-electron chi connectivity index (χ3n) is 2.98. The maximum Gasteiger partial charge on any atom is 0.261 e. The smallest absolute Gasteiger partial charge is 0.261 e. The molecule has 2 nitrogen and oxygen atoms in total. The van der Waals surface area contributed by atoms with Crippen molar-refractivity contribution in [3.05, 3.63) is 65.5 Å². The van der Waals surface area contributed by atoms with Gasteiger partial charge in [-0.05, 0) is 43.7 Å². The van der Waals surface area contributed by atoms with E-state index in [0.29, 0.717) is 6.54 Å². The van der Waals surface area contributed by atoms with Crippen molar-refractivity contribution in [3.63, 3.8) is 0 Å². The maximum atomic E-state index is 13.7. The van der Waals surface area contributed by atoms with E-state index in [-0.39, 0.29) is 11.5 Å². The fourth-order valence-corrected chi connectivity index (χ4v) is 2.02. The van der Waals surface area contributed by atoms with E-state index < -0.39 is 5.82 Å². The molecule has 2 aromatic carbocycles. The standard InChI is InChI=1S/C16H16FNO/c1-3-18(13-8-6-7-12(2)11-13)16(19)14-9-4-5-10-15(14)17/h4-11H,3H2,1-2H3. The monoisotopic (exact) mass is 257 g/mol. The highest BCUT2D eigenvalue weighted by atomic mass is 19.1. The molecule has 19 heavy (non-hydrogen) atoms. The van der Waals surface area contributed by atoms with Crippen molar-refractivity contribution in [3.8, 4) is 0 Å². The summed E-state index contributed by atoms with van der Waals surface area (Å²) in [5, 5.41) is 0. The van der Waals surface area contributed by atoms with Gasteiger partial charge in [0.05, 0.1) is 5.56 Å². The number of nitrogens with zero attached hydrogens (tertiary/aromatic N) is 1. The summed E-state index contributed by atoms with van der Waals surface area (Å²) in [7, 11) is 0. The van der Waals surface area contributed by atoms with Crippen molar-refractivity contribution in [1.82, 2.24) is 0 Å². The van der Waals surface area contributed by atoms with Gasteiger partial charge < -0.3 is 4.90 Å². The van der Waals surface area contributed by atoms with Gasteiger partial charge in [0.25, 0.3) is 5.91 Å². The van der Waals surface area contributed by atoms with Gasteiger partial charge in [0.1, 0.15) is 5.82 Å². The number of amides is 1. The lowest BCUT2D eigenvalue weighted by molar-refractivity contribution is 0.0984. The first-order chi connectivity index (χ1) is 9.13. The average molecular weight is 257 g/mol. The summed E-state index contributed by atoms with van der Waals surface area (Å²) in [6.07, 6.45) is 0. The fraction of sp³-hybridized carbons (Fsp3) is 0.188. The Morgan fingerprint density at radius 3 is 2.53 bits per heavy atom. The third-order valence-corrected chi connectivity index (χ3v) is 2.98. The number of halogens is 1. The molecule has 2 rings (SSSR count). The van der Waals surface area contributed by atoms with Crippen LogP contribution in [0.25, 0.3) is 0 Å². The van der Waals surface area contributed by atoms with Crippen LogP contribution in [0.1, 0.15) is 22.8 Å². The van der Waals surface area contributed by atoms with Crippen molar-refractivity contribution in [2.24, 2.45) is 0 Å². The van der Waals surface area contributed by atoms with Crippen LogP contribution < -0.4 is 4.90 Å². The Bertz CT molecular complexity index is 595. The summed E-state index contributed by atoms with van der Waals surface area (Å²) in [6, 6.07) is 13.7. The predicted molar refractivity (Wildman–Crippen MR) is 74.9 cm³/mol. The molecule has 0 radical (unpaired) electrons. The van der Waals surface area contributed by atoms with E-state index in [2.05, 4.69) is 0 Å². The SMILES string of the molecule is CCN(C(=O)c1ccccc1F)c1cccc(C)c1. The molecule has 0 fully saturated rings. The molecule has 0 aliphatic rings.